The number of hydrogen-bond donors (Lipinski definition) is 1. The van der Waals surface area contributed by atoms with Gasteiger partial charge in [-0.3, -0.25) is 0 Å². The number of aryl methyl sites for hydroxylation is 1. The van der Waals surface area contributed by atoms with Crippen molar-refractivity contribution in [3.05, 3.63) is 41.7 Å². The summed E-state index contributed by atoms with van der Waals surface area (Å²) >= 11 is 4.90. The molecule has 0 unspecified atom stereocenters. The average Bonchev–Trinajstić information content (AvgIpc) is 2.83. The standard InChI is InChI=1S/C12H12BrN3O2S/c13-8-10-11(12(17)18)15-16(14-10)6-7-19-9-4-2-1-3-5-9/h1-5H,6-8H2,(H,17,18). The van der Waals surface area contributed by atoms with Crippen LogP contribution in [0.4, 0.5) is 0 Å². The van der Waals surface area contributed by atoms with Gasteiger partial charge in [0, 0.05) is 10.6 Å². The van der Waals surface area contributed by atoms with Gasteiger partial charge in [0.05, 0.1) is 11.9 Å². The van der Waals surface area contributed by atoms with Gasteiger partial charge in [0.25, 0.3) is 0 Å². The number of aromatic carboxylic acids is 1. The highest BCUT2D eigenvalue weighted by Crippen LogP contribution is 2.17. The van der Waals surface area contributed by atoms with E-state index in [-0.39, 0.29) is 5.69 Å². The molecule has 0 spiro atoms. The molecule has 1 heterocycles. The smallest absolute Gasteiger partial charge is 0.358 e. The third-order valence-corrected chi connectivity index (χ3v) is 3.88. The van der Waals surface area contributed by atoms with Crippen LogP contribution in [0.5, 0.6) is 0 Å². The first-order valence-electron chi connectivity index (χ1n) is 5.62. The van der Waals surface area contributed by atoms with Gasteiger partial charge in [-0.2, -0.15) is 9.90 Å². The number of rotatable bonds is 6. The fourth-order valence-electron chi connectivity index (χ4n) is 1.50. The Morgan fingerprint density at radius 1 is 1.32 bits per heavy atom. The molecule has 0 aliphatic rings. The second-order valence-electron chi connectivity index (χ2n) is 3.69. The van der Waals surface area contributed by atoms with E-state index in [1.54, 1.807) is 11.8 Å². The van der Waals surface area contributed by atoms with E-state index < -0.39 is 5.97 Å². The van der Waals surface area contributed by atoms with Crippen LogP contribution in [0.25, 0.3) is 0 Å². The van der Waals surface area contributed by atoms with Crippen LogP contribution in [-0.4, -0.2) is 31.8 Å². The molecule has 0 saturated carbocycles. The maximum atomic E-state index is 10.9. The number of carbonyl (C=O) groups is 1. The topological polar surface area (TPSA) is 68.0 Å². The highest BCUT2D eigenvalue weighted by molar-refractivity contribution is 9.08. The summed E-state index contributed by atoms with van der Waals surface area (Å²) in [5.74, 6) is -0.254. The highest BCUT2D eigenvalue weighted by atomic mass is 79.9. The molecule has 19 heavy (non-hydrogen) atoms. The number of halogens is 1. The van der Waals surface area contributed by atoms with Crippen molar-refractivity contribution in [1.29, 1.82) is 0 Å². The number of alkyl halides is 1. The van der Waals surface area contributed by atoms with Gasteiger partial charge in [-0.25, -0.2) is 4.79 Å². The van der Waals surface area contributed by atoms with E-state index in [2.05, 4.69) is 26.1 Å². The van der Waals surface area contributed by atoms with Crippen LogP contribution in [0.3, 0.4) is 0 Å². The molecular formula is C12H12BrN3O2S. The fraction of sp³-hybridized carbons (Fsp3) is 0.250. The second kappa shape index (κ2) is 6.72. The Morgan fingerprint density at radius 3 is 2.63 bits per heavy atom. The number of carboxylic acids is 1. The number of benzene rings is 1. The number of nitrogens with zero attached hydrogens (tertiary/aromatic N) is 3. The number of carboxylic acid groups (broad SMARTS) is 1. The monoisotopic (exact) mass is 341 g/mol. The van der Waals surface area contributed by atoms with Crippen molar-refractivity contribution in [1.82, 2.24) is 15.0 Å². The molecule has 1 aromatic carbocycles. The van der Waals surface area contributed by atoms with Crippen LogP contribution in [0.2, 0.25) is 0 Å². The summed E-state index contributed by atoms with van der Waals surface area (Å²) < 4.78 is 0. The zero-order valence-corrected chi connectivity index (χ0v) is 12.4. The number of thioether (sulfide) groups is 1. The van der Waals surface area contributed by atoms with Gasteiger partial charge >= 0.3 is 5.97 Å². The fourth-order valence-corrected chi connectivity index (χ4v) is 2.72. The summed E-state index contributed by atoms with van der Waals surface area (Å²) in [5, 5.41) is 17.5. The van der Waals surface area contributed by atoms with Gasteiger partial charge in [-0.15, -0.1) is 16.9 Å². The highest BCUT2D eigenvalue weighted by Gasteiger charge is 2.16. The van der Waals surface area contributed by atoms with Crippen LogP contribution in [-0.2, 0) is 11.9 Å². The lowest BCUT2D eigenvalue weighted by Crippen LogP contribution is -2.06. The summed E-state index contributed by atoms with van der Waals surface area (Å²) in [4.78, 5) is 13.6. The molecule has 0 bridgehead atoms. The molecule has 100 valence electrons. The molecule has 0 fully saturated rings. The van der Waals surface area contributed by atoms with Crippen LogP contribution < -0.4 is 0 Å². The number of hydrogen-bond acceptors (Lipinski definition) is 4. The van der Waals surface area contributed by atoms with Gasteiger partial charge in [0.15, 0.2) is 5.69 Å². The molecule has 0 amide bonds. The molecule has 0 atom stereocenters. The van der Waals surface area contributed by atoms with Gasteiger partial charge in [0.1, 0.15) is 5.69 Å². The average molecular weight is 342 g/mol. The largest absolute Gasteiger partial charge is 0.476 e. The van der Waals surface area contributed by atoms with E-state index in [9.17, 15) is 4.79 Å². The van der Waals surface area contributed by atoms with Crippen molar-refractivity contribution in [2.24, 2.45) is 0 Å². The van der Waals surface area contributed by atoms with Crippen LogP contribution in [0.15, 0.2) is 35.2 Å². The molecule has 0 radical (unpaired) electrons. The Labute approximate surface area is 123 Å². The molecule has 5 nitrogen and oxygen atoms in total. The van der Waals surface area contributed by atoms with E-state index in [0.29, 0.717) is 17.6 Å². The quantitative estimate of drug-likeness (QED) is 0.646. The maximum absolute atomic E-state index is 10.9. The predicted octanol–water partition coefficient (Wildman–Crippen LogP) is 2.66. The molecule has 7 heteroatoms. The van der Waals surface area contributed by atoms with Crippen LogP contribution >= 0.6 is 27.7 Å². The number of aromatic nitrogens is 3. The van der Waals surface area contributed by atoms with E-state index in [1.165, 1.54) is 9.69 Å². The Balaban J connectivity index is 1.95. The Hall–Kier alpha value is -1.34. The molecular weight excluding hydrogens is 330 g/mol. The van der Waals surface area contributed by atoms with Gasteiger partial charge in [0.2, 0.25) is 0 Å². The summed E-state index contributed by atoms with van der Waals surface area (Å²) in [5.41, 5.74) is 0.471. The van der Waals surface area contributed by atoms with Crippen molar-refractivity contribution in [2.75, 3.05) is 5.75 Å². The predicted molar refractivity (Wildman–Crippen MR) is 76.8 cm³/mol. The molecule has 1 aromatic heterocycles. The van der Waals surface area contributed by atoms with Crippen LogP contribution in [0, 0.1) is 0 Å². The summed E-state index contributed by atoms with van der Waals surface area (Å²) in [6.45, 7) is 0.576. The molecule has 0 aliphatic carbocycles. The molecule has 1 N–H and O–H groups in total. The van der Waals surface area contributed by atoms with E-state index in [0.717, 1.165) is 5.75 Å². The Morgan fingerprint density at radius 2 is 2.05 bits per heavy atom. The third-order valence-electron chi connectivity index (χ3n) is 2.36. The molecule has 2 rings (SSSR count). The first kappa shape index (κ1) is 14.1. The van der Waals surface area contributed by atoms with Crippen molar-refractivity contribution >= 4 is 33.7 Å². The third kappa shape index (κ3) is 3.81. The first-order chi connectivity index (χ1) is 9.20. The zero-order chi connectivity index (χ0) is 13.7. The van der Waals surface area contributed by atoms with Crippen molar-refractivity contribution < 1.29 is 9.90 Å². The van der Waals surface area contributed by atoms with Crippen molar-refractivity contribution in [2.45, 2.75) is 16.8 Å². The van der Waals surface area contributed by atoms with E-state index in [1.807, 2.05) is 30.3 Å². The summed E-state index contributed by atoms with van der Waals surface area (Å²) in [7, 11) is 0. The van der Waals surface area contributed by atoms with Gasteiger partial charge < -0.3 is 5.11 Å². The molecule has 2 aromatic rings. The van der Waals surface area contributed by atoms with Crippen molar-refractivity contribution in [3.8, 4) is 0 Å². The minimum absolute atomic E-state index is 0.0154. The maximum Gasteiger partial charge on any atom is 0.358 e. The van der Waals surface area contributed by atoms with Gasteiger partial charge in [-0.05, 0) is 12.1 Å². The SMILES string of the molecule is O=C(O)c1nn(CCSc2ccccc2)nc1CBr. The molecule has 0 aliphatic heterocycles. The normalized spacial score (nSPS) is 10.6. The van der Waals surface area contributed by atoms with Crippen molar-refractivity contribution in [3.63, 3.8) is 0 Å². The Bertz CT molecular complexity index is 559. The second-order valence-corrected chi connectivity index (χ2v) is 5.42. The first-order valence-corrected chi connectivity index (χ1v) is 7.72. The Kier molecular flexibility index (Phi) is 4.98. The lowest BCUT2D eigenvalue weighted by Gasteiger charge is -2.00. The van der Waals surface area contributed by atoms with Gasteiger partial charge in [-0.1, -0.05) is 34.1 Å². The lowest BCUT2D eigenvalue weighted by molar-refractivity contribution is 0.0688. The summed E-state index contributed by atoms with van der Waals surface area (Å²) in [6, 6.07) is 10.0. The van der Waals surface area contributed by atoms with E-state index in [4.69, 9.17) is 5.11 Å². The minimum Gasteiger partial charge on any atom is -0.476 e. The zero-order valence-electron chi connectivity index (χ0n) is 9.99. The summed E-state index contributed by atoms with van der Waals surface area (Å²) in [6.07, 6.45) is 0. The minimum atomic E-state index is -1.04. The van der Waals surface area contributed by atoms with E-state index >= 15 is 0 Å². The lowest BCUT2D eigenvalue weighted by atomic mass is 10.3. The molecule has 0 saturated heterocycles. The van der Waals surface area contributed by atoms with Crippen LogP contribution in [0.1, 0.15) is 16.2 Å².